The molecule has 0 aromatic heterocycles. The Morgan fingerprint density at radius 3 is 2.56 bits per heavy atom. The van der Waals surface area contributed by atoms with Crippen molar-refractivity contribution >= 4 is 17.5 Å². The third kappa shape index (κ3) is 2.51. The van der Waals surface area contributed by atoms with Gasteiger partial charge < -0.3 is 16.8 Å². The number of anilines is 1. The lowest BCUT2D eigenvalue weighted by atomic mass is 10.0. The summed E-state index contributed by atoms with van der Waals surface area (Å²) in [7, 11) is 0. The van der Waals surface area contributed by atoms with Crippen molar-refractivity contribution in [2.45, 2.75) is 25.3 Å². The number of nitrogens with two attached hydrogens (primary N) is 2. The van der Waals surface area contributed by atoms with Crippen LogP contribution in [0.4, 0.5) is 5.69 Å². The van der Waals surface area contributed by atoms with Gasteiger partial charge in [-0.2, -0.15) is 0 Å². The fraction of sp³-hybridized carbons (Fsp3) is 0.385. The molecule has 1 saturated carbocycles. The average Bonchev–Trinajstić information content (AvgIpc) is 2.76. The van der Waals surface area contributed by atoms with Gasteiger partial charge in [-0.1, -0.05) is 18.6 Å². The molecule has 5 N–H and O–H groups in total. The molecule has 5 nitrogen and oxygen atoms in total. The van der Waals surface area contributed by atoms with Crippen molar-refractivity contribution in [2.24, 2.45) is 17.4 Å². The van der Waals surface area contributed by atoms with Crippen LogP contribution in [0.15, 0.2) is 24.3 Å². The van der Waals surface area contributed by atoms with Crippen LogP contribution in [-0.2, 0) is 4.79 Å². The molecule has 1 aromatic carbocycles. The van der Waals surface area contributed by atoms with E-state index in [0.29, 0.717) is 11.3 Å². The van der Waals surface area contributed by atoms with Crippen LogP contribution in [0.1, 0.15) is 29.6 Å². The monoisotopic (exact) mass is 247 g/mol. The molecule has 1 fully saturated rings. The number of amides is 2. The van der Waals surface area contributed by atoms with E-state index in [1.807, 2.05) is 0 Å². The molecule has 0 aliphatic heterocycles. The van der Waals surface area contributed by atoms with Crippen molar-refractivity contribution in [3.8, 4) is 0 Å². The zero-order valence-electron chi connectivity index (χ0n) is 10.1. The summed E-state index contributed by atoms with van der Waals surface area (Å²) in [5, 5.41) is 2.74. The molecule has 0 heterocycles. The number of carbonyl (C=O) groups is 2. The van der Waals surface area contributed by atoms with E-state index in [4.69, 9.17) is 11.5 Å². The number of hydrogen-bond donors (Lipinski definition) is 3. The molecule has 1 aliphatic carbocycles. The van der Waals surface area contributed by atoms with Crippen LogP contribution in [0.3, 0.4) is 0 Å². The quantitative estimate of drug-likeness (QED) is 0.738. The molecule has 2 atom stereocenters. The number of hydrogen-bond acceptors (Lipinski definition) is 3. The molecule has 2 rings (SSSR count). The van der Waals surface area contributed by atoms with Crippen molar-refractivity contribution in [3.05, 3.63) is 29.8 Å². The van der Waals surface area contributed by atoms with Gasteiger partial charge in [0.05, 0.1) is 17.2 Å². The Hall–Kier alpha value is -1.88. The minimum atomic E-state index is -0.554. The average molecular weight is 247 g/mol. The molecule has 0 bridgehead atoms. The van der Waals surface area contributed by atoms with Gasteiger partial charge in [0.1, 0.15) is 0 Å². The Balaban J connectivity index is 2.14. The molecule has 0 radical (unpaired) electrons. The standard InChI is InChI=1S/C13H17N3O2/c14-10-6-3-5-8(10)13(18)16-11-7-2-1-4-9(11)12(15)17/h1-2,4,7-8,10H,3,5-6,14H2,(H2,15,17)(H,16,18). The highest BCUT2D eigenvalue weighted by atomic mass is 16.2. The second kappa shape index (κ2) is 5.18. The molecule has 5 heteroatoms. The van der Waals surface area contributed by atoms with Gasteiger partial charge in [-0.3, -0.25) is 9.59 Å². The molecule has 0 saturated heterocycles. The van der Waals surface area contributed by atoms with Crippen LogP contribution in [0.25, 0.3) is 0 Å². The molecule has 0 spiro atoms. The van der Waals surface area contributed by atoms with Gasteiger partial charge >= 0.3 is 0 Å². The van der Waals surface area contributed by atoms with Crippen LogP contribution in [0, 0.1) is 5.92 Å². The Morgan fingerprint density at radius 2 is 1.94 bits per heavy atom. The number of primary amides is 1. The first-order chi connectivity index (χ1) is 8.59. The summed E-state index contributed by atoms with van der Waals surface area (Å²) in [6, 6.07) is 6.62. The first-order valence-electron chi connectivity index (χ1n) is 6.05. The van der Waals surface area contributed by atoms with Crippen molar-refractivity contribution in [2.75, 3.05) is 5.32 Å². The molecule has 2 amide bonds. The molecular formula is C13H17N3O2. The lowest BCUT2D eigenvalue weighted by Crippen LogP contribution is -2.34. The Kier molecular flexibility index (Phi) is 3.62. The van der Waals surface area contributed by atoms with Gasteiger partial charge in [-0.05, 0) is 25.0 Å². The number of rotatable bonds is 3. The third-order valence-corrected chi connectivity index (χ3v) is 3.36. The van der Waals surface area contributed by atoms with Crippen LogP contribution >= 0.6 is 0 Å². The van der Waals surface area contributed by atoms with E-state index in [1.165, 1.54) is 0 Å². The van der Waals surface area contributed by atoms with E-state index in [0.717, 1.165) is 19.3 Å². The summed E-state index contributed by atoms with van der Waals surface area (Å²) < 4.78 is 0. The van der Waals surface area contributed by atoms with Gasteiger partial charge in [-0.25, -0.2) is 0 Å². The van der Waals surface area contributed by atoms with Crippen molar-refractivity contribution < 1.29 is 9.59 Å². The maximum atomic E-state index is 12.1. The SMILES string of the molecule is NC(=O)c1ccccc1NC(=O)C1CCCC1N. The molecule has 2 unspecified atom stereocenters. The first kappa shape index (κ1) is 12.6. The number of para-hydroxylation sites is 1. The summed E-state index contributed by atoms with van der Waals surface area (Å²) >= 11 is 0. The summed E-state index contributed by atoms with van der Waals surface area (Å²) in [6.07, 6.45) is 2.64. The Labute approximate surface area is 106 Å². The topological polar surface area (TPSA) is 98.2 Å². The van der Waals surface area contributed by atoms with Gasteiger partial charge in [-0.15, -0.1) is 0 Å². The lowest BCUT2D eigenvalue weighted by Gasteiger charge is -2.16. The first-order valence-corrected chi connectivity index (χ1v) is 6.05. The van der Waals surface area contributed by atoms with Gasteiger partial charge in [0, 0.05) is 6.04 Å². The van der Waals surface area contributed by atoms with Gasteiger partial charge in [0.25, 0.3) is 5.91 Å². The Morgan fingerprint density at radius 1 is 1.22 bits per heavy atom. The summed E-state index contributed by atoms with van der Waals surface area (Å²) in [4.78, 5) is 23.3. The van der Waals surface area contributed by atoms with E-state index >= 15 is 0 Å². The van der Waals surface area contributed by atoms with Crippen LogP contribution < -0.4 is 16.8 Å². The normalized spacial score (nSPS) is 22.7. The highest BCUT2D eigenvalue weighted by Gasteiger charge is 2.30. The van der Waals surface area contributed by atoms with Crippen molar-refractivity contribution in [1.82, 2.24) is 0 Å². The number of carbonyl (C=O) groups excluding carboxylic acids is 2. The number of benzene rings is 1. The summed E-state index contributed by atoms with van der Waals surface area (Å²) in [5.74, 6) is -0.860. The largest absolute Gasteiger partial charge is 0.366 e. The molecule has 18 heavy (non-hydrogen) atoms. The second-order valence-corrected chi connectivity index (χ2v) is 4.60. The predicted molar refractivity (Wildman–Crippen MR) is 68.9 cm³/mol. The smallest absolute Gasteiger partial charge is 0.250 e. The minimum absolute atomic E-state index is 0.0919. The fourth-order valence-corrected chi connectivity index (χ4v) is 2.35. The maximum Gasteiger partial charge on any atom is 0.250 e. The number of nitrogens with one attached hydrogen (secondary N) is 1. The third-order valence-electron chi connectivity index (χ3n) is 3.36. The molecule has 1 aliphatic rings. The van der Waals surface area contributed by atoms with Crippen LogP contribution in [-0.4, -0.2) is 17.9 Å². The van der Waals surface area contributed by atoms with Gasteiger partial charge in [0.2, 0.25) is 5.91 Å². The zero-order chi connectivity index (χ0) is 13.1. The van der Waals surface area contributed by atoms with E-state index < -0.39 is 5.91 Å². The second-order valence-electron chi connectivity index (χ2n) is 4.60. The molecule has 96 valence electrons. The van der Waals surface area contributed by atoms with E-state index in [-0.39, 0.29) is 17.9 Å². The molecule has 1 aromatic rings. The lowest BCUT2D eigenvalue weighted by molar-refractivity contribution is -0.120. The van der Waals surface area contributed by atoms with E-state index in [1.54, 1.807) is 24.3 Å². The van der Waals surface area contributed by atoms with Crippen LogP contribution in [0.5, 0.6) is 0 Å². The maximum absolute atomic E-state index is 12.1. The summed E-state index contributed by atoms with van der Waals surface area (Å²) in [6.45, 7) is 0. The van der Waals surface area contributed by atoms with Gasteiger partial charge in [0.15, 0.2) is 0 Å². The Bertz CT molecular complexity index is 473. The fourth-order valence-electron chi connectivity index (χ4n) is 2.35. The van der Waals surface area contributed by atoms with E-state index in [9.17, 15) is 9.59 Å². The highest BCUT2D eigenvalue weighted by Crippen LogP contribution is 2.26. The zero-order valence-corrected chi connectivity index (χ0v) is 10.1. The van der Waals surface area contributed by atoms with Crippen LogP contribution in [0.2, 0.25) is 0 Å². The molecular weight excluding hydrogens is 230 g/mol. The predicted octanol–water partition coefficient (Wildman–Crippen LogP) is 0.851. The summed E-state index contributed by atoms with van der Waals surface area (Å²) in [5.41, 5.74) is 11.9. The van der Waals surface area contributed by atoms with E-state index in [2.05, 4.69) is 5.32 Å². The van der Waals surface area contributed by atoms with Crippen molar-refractivity contribution in [1.29, 1.82) is 0 Å². The van der Waals surface area contributed by atoms with Crippen molar-refractivity contribution in [3.63, 3.8) is 0 Å². The minimum Gasteiger partial charge on any atom is -0.366 e. The highest BCUT2D eigenvalue weighted by molar-refractivity contribution is 6.03.